The predicted molar refractivity (Wildman–Crippen MR) is 128 cm³/mol. The topological polar surface area (TPSA) is 91.4 Å². The molecule has 0 N–H and O–H groups in total. The van der Waals surface area contributed by atoms with E-state index in [0.717, 1.165) is 22.4 Å². The minimum atomic E-state index is -0.653. The van der Waals surface area contributed by atoms with Crippen LogP contribution < -0.4 is 16.1 Å². The number of hydrogen-bond donors (Lipinski definition) is 0. The van der Waals surface area contributed by atoms with Gasteiger partial charge in [-0.25, -0.2) is 9.36 Å². The number of fused-ring (bicyclic) bond motifs is 3. The highest BCUT2D eigenvalue weighted by atomic mass is 16.5. The van der Waals surface area contributed by atoms with Crippen molar-refractivity contribution >= 4 is 28.8 Å². The minimum Gasteiger partial charge on any atom is -0.459 e. The summed E-state index contributed by atoms with van der Waals surface area (Å²) in [6, 6.07) is 19.1. The van der Waals surface area contributed by atoms with Crippen LogP contribution in [0.2, 0.25) is 0 Å². The molecule has 9 heteroatoms. The highest BCUT2D eigenvalue weighted by Gasteiger charge is 2.30. The zero-order chi connectivity index (χ0) is 23.8. The molecule has 0 saturated carbocycles. The number of nitrogens with zero attached hydrogens (tertiary/aromatic N) is 5. The largest absolute Gasteiger partial charge is 0.459 e. The Balaban J connectivity index is 1.54. The van der Waals surface area contributed by atoms with Gasteiger partial charge in [0.15, 0.2) is 11.2 Å². The van der Waals surface area contributed by atoms with Crippen molar-refractivity contribution in [1.29, 1.82) is 0 Å². The van der Waals surface area contributed by atoms with Crippen molar-refractivity contribution in [2.75, 3.05) is 11.4 Å². The Bertz CT molecular complexity index is 1470. The molecule has 2 aromatic heterocycles. The van der Waals surface area contributed by atoms with E-state index >= 15 is 0 Å². The van der Waals surface area contributed by atoms with Crippen LogP contribution in [-0.4, -0.2) is 31.2 Å². The third-order valence-corrected chi connectivity index (χ3v) is 6.04. The van der Waals surface area contributed by atoms with Crippen LogP contribution >= 0.6 is 0 Å². The number of ether oxygens (including phenoxy) is 1. The lowest BCUT2D eigenvalue weighted by atomic mass is 10.1. The van der Waals surface area contributed by atoms with Gasteiger partial charge in [0, 0.05) is 25.8 Å². The number of imidazole rings is 1. The molecule has 0 radical (unpaired) electrons. The Morgan fingerprint density at radius 1 is 1.03 bits per heavy atom. The molecule has 0 fully saturated rings. The summed E-state index contributed by atoms with van der Waals surface area (Å²) in [6.45, 7) is 3.03. The van der Waals surface area contributed by atoms with Gasteiger partial charge in [0.05, 0.1) is 0 Å². The molecule has 5 rings (SSSR count). The monoisotopic (exact) mass is 459 g/mol. The first-order valence-electron chi connectivity index (χ1n) is 11.2. The quantitative estimate of drug-likeness (QED) is 0.426. The second-order valence-electron chi connectivity index (χ2n) is 8.63. The van der Waals surface area contributed by atoms with Crippen molar-refractivity contribution in [3.05, 3.63) is 87.1 Å². The van der Waals surface area contributed by atoms with Crippen molar-refractivity contribution in [1.82, 2.24) is 18.7 Å². The van der Waals surface area contributed by atoms with Crippen molar-refractivity contribution in [2.45, 2.75) is 26.6 Å². The van der Waals surface area contributed by atoms with Crippen LogP contribution in [0.3, 0.4) is 0 Å². The molecule has 4 aromatic rings. The summed E-state index contributed by atoms with van der Waals surface area (Å²) < 4.78 is 9.40. The zero-order valence-electron chi connectivity index (χ0n) is 19.0. The van der Waals surface area contributed by atoms with Gasteiger partial charge in [-0.1, -0.05) is 55.5 Å². The fourth-order valence-corrected chi connectivity index (χ4v) is 4.38. The molecule has 0 aliphatic carbocycles. The van der Waals surface area contributed by atoms with Gasteiger partial charge in [0.25, 0.3) is 5.56 Å². The summed E-state index contributed by atoms with van der Waals surface area (Å²) in [5.74, 6) is 0.196. The molecule has 9 nitrogen and oxygen atoms in total. The predicted octanol–water partition coefficient (Wildman–Crippen LogP) is 2.43. The van der Waals surface area contributed by atoms with Gasteiger partial charge in [0.1, 0.15) is 13.2 Å². The van der Waals surface area contributed by atoms with Gasteiger partial charge < -0.3 is 14.2 Å². The maximum absolute atomic E-state index is 13.5. The van der Waals surface area contributed by atoms with Crippen LogP contribution in [0.15, 0.2) is 70.3 Å². The maximum Gasteiger partial charge on any atom is 0.333 e. The van der Waals surface area contributed by atoms with Crippen molar-refractivity contribution in [3.63, 3.8) is 0 Å². The Morgan fingerprint density at radius 3 is 2.41 bits per heavy atom. The third kappa shape index (κ3) is 3.79. The number of esters is 1. The van der Waals surface area contributed by atoms with E-state index in [9.17, 15) is 14.4 Å². The lowest BCUT2D eigenvalue weighted by Gasteiger charge is -2.32. The minimum absolute atomic E-state index is 0.0720. The Hall–Kier alpha value is -4.14. The molecular formula is C25H25N5O4. The lowest BCUT2D eigenvalue weighted by molar-refractivity contribution is -0.145. The smallest absolute Gasteiger partial charge is 0.333 e. The fourth-order valence-electron chi connectivity index (χ4n) is 4.38. The van der Waals surface area contributed by atoms with Gasteiger partial charge in [0.2, 0.25) is 5.95 Å². The average molecular weight is 460 g/mol. The van der Waals surface area contributed by atoms with Crippen molar-refractivity contribution in [2.24, 2.45) is 13.0 Å². The number of hydrogen-bond acceptors (Lipinski definition) is 6. The average Bonchev–Trinajstić information content (AvgIpc) is 3.24. The molecule has 0 unspecified atom stereocenters. The molecule has 0 saturated heterocycles. The number of carbonyl (C=O) groups is 1. The number of carbonyl (C=O) groups excluding carboxylic acids is 1. The standard InChI is InChI=1S/C25H25N5O4/c1-17-13-28(19-11-7-4-8-12-19)24-26-22-21(29(24)14-17)23(32)30(25(33)27(22)2)15-20(31)34-16-18-9-5-3-6-10-18/h3-12,17H,13-16H2,1-2H3/t17-/m0/s1. The molecule has 1 aliphatic rings. The van der Waals surface area contributed by atoms with E-state index in [0.29, 0.717) is 23.7 Å². The first-order chi connectivity index (χ1) is 16.4. The van der Waals surface area contributed by atoms with Gasteiger partial charge in [-0.05, 0) is 23.6 Å². The van der Waals surface area contributed by atoms with Crippen LogP contribution in [0.1, 0.15) is 12.5 Å². The van der Waals surface area contributed by atoms with E-state index in [2.05, 4.69) is 16.8 Å². The summed E-state index contributed by atoms with van der Waals surface area (Å²) in [7, 11) is 1.56. The molecule has 1 atom stereocenters. The van der Waals surface area contributed by atoms with E-state index < -0.39 is 23.8 Å². The molecule has 0 amide bonds. The lowest BCUT2D eigenvalue weighted by Crippen LogP contribution is -2.42. The molecule has 34 heavy (non-hydrogen) atoms. The van der Waals surface area contributed by atoms with E-state index in [1.165, 1.54) is 4.57 Å². The molecule has 0 spiro atoms. The number of anilines is 2. The summed E-state index contributed by atoms with van der Waals surface area (Å²) in [5.41, 5.74) is 1.24. The molecule has 3 heterocycles. The molecular weight excluding hydrogens is 434 g/mol. The maximum atomic E-state index is 13.5. The van der Waals surface area contributed by atoms with Crippen LogP contribution in [0.4, 0.5) is 11.6 Å². The van der Waals surface area contributed by atoms with Crippen molar-refractivity contribution in [3.8, 4) is 0 Å². The summed E-state index contributed by atoms with van der Waals surface area (Å²) in [4.78, 5) is 45.7. The SMILES string of the molecule is C[C@H]1CN(c2ccccc2)c2nc3c(c(=O)n(CC(=O)OCc4ccccc4)c(=O)n3C)n2C1. The number of aryl methyl sites for hydroxylation is 1. The fraction of sp³-hybridized carbons (Fsp3) is 0.280. The second kappa shape index (κ2) is 8.66. The number of para-hydroxylation sites is 1. The summed E-state index contributed by atoms with van der Waals surface area (Å²) in [6.07, 6.45) is 0. The number of benzene rings is 2. The first kappa shape index (κ1) is 21.7. The Labute approximate surface area is 195 Å². The zero-order valence-corrected chi connectivity index (χ0v) is 19.0. The van der Waals surface area contributed by atoms with E-state index in [1.54, 1.807) is 7.05 Å². The van der Waals surface area contributed by atoms with Crippen LogP contribution in [0, 0.1) is 5.92 Å². The molecule has 2 aromatic carbocycles. The normalized spacial score (nSPS) is 15.4. The van der Waals surface area contributed by atoms with Gasteiger partial charge in [-0.2, -0.15) is 4.98 Å². The van der Waals surface area contributed by atoms with Crippen LogP contribution in [-0.2, 0) is 36.3 Å². The van der Waals surface area contributed by atoms with Crippen LogP contribution in [0.5, 0.6) is 0 Å². The second-order valence-corrected chi connectivity index (χ2v) is 8.63. The van der Waals surface area contributed by atoms with E-state index in [-0.39, 0.29) is 12.5 Å². The van der Waals surface area contributed by atoms with E-state index in [4.69, 9.17) is 4.74 Å². The molecule has 174 valence electrons. The van der Waals surface area contributed by atoms with Crippen molar-refractivity contribution < 1.29 is 9.53 Å². The molecule has 1 aliphatic heterocycles. The highest BCUT2D eigenvalue weighted by molar-refractivity contribution is 5.77. The number of aromatic nitrogens is 4. The summed E-state index contributed by atoms with van der Waals surface area (Å²) in [5, 5.41) is 0. The van der Waals surface area contributed by atoms with Gasteiger partial charge >= 0.3 is 11.7 Å². The van der Waals surface area contributed by atoms with Crippen LogP contribution in [0.25, 0.3) is 11.2 Å². The van der Waals surface area contributed by atoms with E-state index in [1.807, 2.05) is 65.2 Å². The highest BCUT2D eigenvalue weighted by Crippen LogP contribution is 2.32. The number of rotatable bonds is 5. The molecule has 0 bridgehead atoms. The Morgan fingerprint density at radius 2 is 1.71 bits per heavy atom. The summed E-state index contributed by atoms with van der Waals surface area (Å²) >= 11 is 0. The Kier molecular flexibility index (Phi) is 5.53. The van der Waals surface area contributed by atoms with Gasteiger partial charge in [-0.3, -0.25) is 14.2 Å². The third-order valence-electron chi connectivity index (χ3n) is 6.04. The van der Waals surface area contributed by atoms with Gasteiger partial charge in [-0.15, -0.1) is 0 Å². The first-order valence-corrected chi connectivity index (χ1v) is 11.2.